The number of anilines is 3. The summed E-state index contributed by atoms with van der Waals surface area (Å²) < 4.78 is 0. The highest BCUT2D eigenvalue weighted by molar-refractivity contribution is 5.84. The van der Waals surface area contributed by atoms with Crippen LogP contribution in [0.2, 0.25) is 0 Å². The van der Waals surface area contributed by atoms with Crippen LogP contribution in [-0.4, -0.2) is 0 Å². The number of hydrogen-bond acceptors (Lipinski definition) is 3. The zero-order valence-corrected chi connectivity index (χ0v) is 38.9. The fourth-order valence-electron chi connectivity index (χ4n) is 7.99. The van der Waals surface area contributed by atoms with Gasteiger partial charge in [-0.1, -0.05) is 170 Å². The Labute approximate surface area is 412 Å². The maximum atomic E-state index is 5.95. The molecular weight excluding hydrogens is 847 g/mol. The summed E-state index contributed by atoms with van der Waals surface area (Å²) in [5, 5.41) is 0. The molecule has 3 nitrogen and oxygen atoms in total. The molecule has 0 fully saturated rings. The maximum Gasteiger partial charge on any atom is 0.0326 e. The van der Waals surface area contributed by atoms with E-state index in [1.807, 2.05) is 97.9 Å². The molecule has 0 saturated heterocycles. The minimum absolute atomic E-state index is 0.695. The average Bonchev–Trinajstić information content (AvgIpc) is 3.40. The summed E-state index contributed by atoms with van der Waals surface area (Å²) in [6.45, 7) is 6.37. The smallest absolute Gasteiger partial charge is 0.0326 e. The number of benzene rings is 9. The predicted molar refractivity (Wildman–Crippen MR) is 297 cm³/mol. The molecule has 9 rings (SSSR count). The van der Waals surface area contributed by atoms with Gasteiger partial charge in [0.05, 0.1) is 0 Å². The molecule has 0 atom stereocenters. The summed E-state index contributed by atoms with van der Waals surface area (Å²) in [5.41, 5.74) is 38.6. The van der Waals surface area contributed by atoms with Crippen molar-refractivity contribution in [1.82, 2.24) is 0 Å². The molecule has 70 heavy (non-hydrogen) atoms. The lowest BCUT2D eigenvalue weighted by atomic mass is 9.91. The van der Waals surface area contributed by atoms with Crippen molar-refractivity contribution < 1.29 is 0 Å². The largest absolute Gasteiger partial charge is 0.399 e. The van der Waals surface area contributed by atoms with Crippen molar-refractivity contribution >= 4 is 22.6 Å². The number of hydrogen-bond donors (Lipinski definition) is 3. The Morgan fingerprint density at radius 2 is 0.657 bits per heavy atom. The van der Waals surface area contributed by atoms with E-state index >= 15 is 0 Å². The van der Waals surface area contributed by atoms with Crippen LogP contribution in [0.4, 0.5) is 17.1 Å². The van der Waals surface area contributed by atoms with Gasteiger partial charge in [-0.05, 0) is 177 Å². The van der Waals surface area contributed by atoms with Crippen LogP contribution in [0.3, 0.4) is 0 Å². The molecule has 0 aliphatic carbocycles. The SMILES string of the molecule is C=C(/C=C\C(C#Cc1cccc(N)c1)=C/C)c1ccc(-c2cc(-c3ccc(-c4ccc(C#Cc5cccc(N)c5)cc4)cc3)cc(-c3ccc(-c4ccc(C#Cc5cccc(N)c5)cc4)cc3)c2)cc1. The predicted octanol–water partition coefficient (Wildman–Crippen LogP) is 15.1. The summed E-state index contributed by atoms with van der Waals surface area (Å²) in [4.78, 5) is 0. The zero-order valence-electron chi connectivity index (χ0n) is 38.9. The summed E-state index contributed by atoms with van der Waals surface area (Å²) >= 11 is 0. The van der Waals surface area contributed by atoms with Gasteiger partial charge < -0.3 is 17.2 Å². The van der Waals surface area contributed by atoms with E-state index < -0.39 is 0 Å². The van der Waals surface area contributed by atoms with Crippen molar-refractivity contribution in [2.75, 3.05) is 17.2 Å². The first-order valence-electron chi connectivity index (χ1n) is 23.0. The van der Waals surface area contributed by atoms with E-state index in [9.17, 15) is 0 Å². The van der Waals surface area contributed by atoms with E-state index in [-0.39, 0.29) is 0 Å². The van der Waals surface area contributed by atoms with Crippen molar-refractivity contribution in [3.05, 3.63) is 276 Å². The van der Waals surface area contributed by atoms with E-state index in [4.69, 9.17) is 17.2 Å². The fourth-order valence-corrected chi connectivity index (χ4v) is 7.99. The van der Waals surface area contributed by atoms with E-state index in [1.54, 1.807) is 0 Å². The second-order valence-corrected chi connectivity index (χ2v) is 16.9. The van der Waals surface area contributed by atoms with Crippen molar-refractivity contribution in [2.24, 2.45) is 0 Å². The highest BCUT2D eigenvalue weighted by Gasteiger charge is 2.10. The van der Waals surface area contributed by atoms with Gasteiger partial charge in [-0.25, -0.2) is 0 Å². The van der Waals surface area contributed by atoms with Crippen LogP contribution in [0, 0.1) is 35.5 Å². The maximum absolute atomic E-state index is 5.95. The molecule has 0 saturated carbocycles. The first kappa shape index (κ1) is 45.4. The second kappa shape index (κ2) is 21.3. The number of nitrogen functional groups attached to an aromatic ring is 3. The lowest BCUT2D eigenvalue weighted by Gasteiger charge is -2.13. The Kier molecular flexibility index (Phi) is 13.8. The molecule has 0 radical (unpaired) electrons. The first-order chi connectivity index (χ1) is 34.2. The van der Waals surface area contributed by atoms with Gasteiger partial charge in [-0.2, -0.15) is 0 Å². The molecule has 0 unspecified atom stereocenters. The number of rotatable bonds is 8. The monoisotopic (exact) mass is 895 g/mol. The van der Waals surface area contributed by atoms with Gasteiger partial charge in [0.25, 0.3) is 0 Å². The summed E-state index contributed by atoms with van der Waals surface area (Å²) in [7, 11) is 0. The highest BCUT2D eigenvalue weighted by Crippen LogP contribution is 2.35. The third-order valence-electron chi connectivity index (χ3n) is 11.9. The Morgan fingerprint density at radius 1 is 0.343 bits per heavy atom. The number of nitrogens with two attached hydrogens (primary N) is 3. The van der Waals surface area contributed by atoms with Gasteiger partial charge >= 0.3 is 0 Å². The van der Waals surface area contributed by atoms with Gasteiger partial charge in [0, 0.05) is 50.5 Å². The van der Waals surface area contributed by atoms with Gasteiger partial charge in [-0.15, -0.1) is 0 Å². The normalized spacial score (nSPS) is 10.8. The number of allylic oxidation sites excluding steroid dienone is 5. The third-order valence-corrected chi connectivity index (χ3v) is 11.9. The minimum Gasteiger partial charge on any atom is -0.399 e. The Hall–Kier alpha value is -9.72. The second-order valence-electron chi connectivity index (χ2n) is 16.9. The quantitative estimate of drug-likeness (QED) is 0.0808. The lowest BCUT2D eigenvalue weighted by molar-refractivity contribution is 1.54. The minimum atomic E-state index is 0.695. The van der Waals surface area contributed by atoms with Crippen LogP contribution < -0.4 is 17.2 Å². The molecule has 9 aromatic carbocycles. The van der Waals surface area contributed by atoms with Gasteiger partial charge in [0.15, 0.2) is 0 Å². The van der Waals surface area contributed by atoms with Crippen LogP contribution in [0.15, 0.2) is 243 Å². The average molecular weight is 896 g/mol. The highest BCUT2D eigenvalue weighted by atomic mass is 14.5. The molecule has 0 aliphatic rings. The lowest BCUT2D eigenvalue weighted by Crippen LogP contribution is -1.88. The van der Waals surface area contributed by atoms with E-state index in [2.05, 4.69) is 182 Å². The van der Waals surface area contributed by atoms with Crippen LogP contribution in [0.1, 0.15) is 40.3 Å². The van der Waals surface area contributed by atoms with Gasteiger partial charge in [-0.3, -0.25) is 0 Å². The van der Waals surface area contributed by atoms with Crippen molar-refractivity contribution in [3.63, 3.8) is 0 Å². The van der Waals surface area contributed by atoms with E-state index in [0.29, 0.717) is 17.1 Å². The topological polar surface area (TPSA) is 78.1 Å². The molecule has 0 amide bonds. The zero-order chi connectivity index (χ0) is 48.2. The molecule has 0 heterocycles. The van der Waals surface area contributed by atoms with Crippen molar-refractivity contribution in [1.29, 1.82) is 0 Å². The molecule has 9 aromatic rings. The summed E-state index contributed by atoms with van der Waals surface area (Å²) in [5.74, 6) is 19.4. The van der Waals surface area contributed by atoms with Crippen molar-refractivity contribution in [3.8, 4) is 91.2 Å². The summed E-state index contributed by atoms with van der Waals surface area (Å²) in [6.07, 6.45) is 6.01. The van der Waals surface area contributed by atoms with Crippen LogP contribution >= 0.6 is 0 Å². The molecular formula is C67H49N3. The van der Waals surface area contributed by atoms with E-state index in [0.717, 1.165) is 100 Å². The first-order valence-corrected chi connectivity index (χ1v) is 23.0. The Bertz CT molecular complexity index is 3440. The standard InChI is InChI=1S/C67H49N3/c1-3-48(15-18-51-7-4-10-65(68)41-51)14-13-47(2)54-29-31-59(32-30-54)62-44-63(60-37-33-57(34-38-60)55-25-21-49(22-26-55)16-19-52-8-5-11-66(69)42-52)46-64(45-62)61-39-35-58(36-40-61)56-27-23-50(24-28-56)17-20-53-9-6-12-67(70)43-53/h3-14,21-46H,2,68-70H2,1H3/b14-13-,48-3+. The molecule has 0 aromatic heterocycles. The van der Waals surface area contributed by atoms with Crippen LogP contribution in [0.5, 0.6) is 0 Å². The molecule has 3 heteroatoms. The molecule has 0 bridgehead atoms. The fraction of sp³-hybridized carbons (Fsp3) is 0.0149. The third kappa shape index (κ3) is 11.6. The summed E-state index contributed by atoms with van der Waals surface area (Å²) in [6, 6.07) is 72.6. The van der Waals surface area contributed by atoms with Crippen molar-refractivity contribution in [2.45, 2.75) is 6.92 Å². The molecule has 332 valence electrons. The van der Waals surface area contributed by atoms with Gasteiger partial charge in [0.1, 0.15) is 0 Å². The molecule has 6 N–H and O–H groups in total. The molecule has 0 spiro atoms. The molecule has 0 aliphatic heterocycles. The van der Waals surface area contributed by atoms with Gasteiger partial charge in [0.2, 0.25) is 0 Å². The Morgan fingerprint density at radius 3 is 1.01 bits per heavy atom. The Balaban J connectivity index is 0.977. The van der Waals surface area contributed by atoms with Crippen LogP contribution in [-0.2, 0) is 0 Å². The van der Waals surface area contributed by atoms with E-state index in [1.165, 1.54) is 0 Å². The van der Waals surface area contributed by atoms with Crippen LogP contribution in [0.25, 0.3) is 61.2 Å².